The number of carbonyl (C=O) groups is 1. The highest BCUT2D eigenvalue weighted by Crippen LogP contribution is 2.35. The van der Waals surface area contributed by atoms with E-state index in [1.165, 1.54) is 7.11 Å². The molecule has 4 aromatic rings. The van der Waals surface area contributed by atoms with Crippen LogP contribution in [0.3, 0.4) is 0 Å². The Morgan fingerprint density at radius 2 is 1.50 bits per heavy atom. The van der Waals surface area contributed by atoms with Gasteiger partial charge in [-0.3, -0.25) is 4.79 Å². The Hall–Kier alpha value is -3.34. The molecule has 4 aromatic carbocycles. The van der Waals surface area contributed by atoms with Crippen LogP contribution in [-0.4, -0.2) is 13.1 Å². The summed E-state index contributed by atoms with van der Waals surface area (Å²) in [5.74, 6) is 0.550. The van der Waals surface area contributed by atoms with Gasteiger partial charge in [-0.2, -0.15) is 0 Å². The third kappa shape index (κ3) is 5.28. The highest BCUT2D eigenvalue weighted by atomic mass is 35.5. The lowest BCUT2D eigenvalue weighted by Crippen LogP contribution is -2.16. The molecule has 0 saturated heterocycles. The predicted octanol–water partition coefficient (Wildman–Crippen LogP) is 6.07. The van der Waals surface area contributed by atoms with Gasteiger partial charge in [0.2, 0.25) is 0 Å². The molecule has 0 bridgehead atoms. The Morgan fingerprint density at radius 1 is 0.844 bits per heavy atom. The molecule has 0 heterocycles. The number of nitrogens with two attached hydrogens (primary N) is 1. The van der Waals surface area contributed by atoms with E-state index < -0.39 is 0 Å². The van der Waals surface area contributed by atoms with E-state index >= 15 is 0 Å². The van der Waals surface area contributed by atoms with Gasteiger partial charge in [0.05, 0.1) is 13.5 Å². The van der Waals surface area contributed by atoms with Crippen molar-refractivity contribution in [1.82, 2.24) is 0 Å². The lowest BCUT2D eigenvalue weighted by molar-refractivity contribution is -0.141. The van der Waals surface area contributed by atoms with Crippen LogP contribution >= 0.6 is 12.4 Å². The van der Waals surface area contributed by atoms with Crippen LogP contribution in [0, 0.1) is 0 Å². The molecule has 0 amide bonds. The van der Waals surface area contributed by atoms with Crippen LogP contribution < -0.4 is 10.5 Å². The lowest BCUT2D eigenvalue weighted by atomic mass is 9.95. The monoisotopic (exact) mass is 447 g/mol. The average Bonchev–Trinajstić information content (AvgIpc) is 2.83. The largest absolute Gasteiger partial charge is 0.488 e. The smallest absolute Gasteiger partial charge is 0.307 e. The molecular formula is C27H26ClNO3. The van der Waals surface area contributed by atoms with Crippen LogP contribution in [0.5, 0.6) is 5.75 Å². The van der Waals surface area contributed by atoms with E-state index in [9.17, 15) is 4.79 Å². The molecule has 0 aliphatic heterocycles. The molecule has 0 radical (unpaired) electrons. The van der Waals surface area contributed by atoms with Gasteiger partial charge in [-0.1, -0.05) is 84.9 Å². The van der Waals surface area contributed by atoms with Gasteiger partial charge < -0.3 is 15.2 Å². The highest BCUT2D eigenvalue weighted by Gasteiger charge is 2.13. The quantitative estimate of drug-likeness (QED) is 0.349. The molecule has 4 rings (SSSR count). The van der Waals surface area contributed by atoms with Crippen molar-refractivity contribution in [3.63, 3.8) is 0 Å². The van der Waals surface area contributed by atoms with E-state index in [1.54, 1.807) is 0 Å². The van der Waals surface area contributed by atoms with Crippen LogP contribution in [-0.2, 0) is 16.1 Å². The maximum absolute atomic E-state index is 11.5. The maximum atomic E-state index is 11.5. The molecule has 0 spiro atoms. The molecule has 0 aromatic heterocycles. The van der Waals surface area contributed by atoms with Gasteiger partial charge in [0.15, 0.2) is 0 Å². The van der Waals surface area contributed by atoms with Gasteiger partial charge >= 0.3 is 5.97 Å². The third-order valence-corrected chi connectivity index (χ3v) is 5.39. The normalized spacial score (nSPS) is 11.4. The molecule has 1 atom stereocenters. The second-order valence-electron chi connectivity index (χ2n) is 7.44. The first kappa shape index (κ1) is 23.3. The fourth-order valence-electron chi connectivity index (χ4n) is 3.67. The molecule has 1 unspecified atom stereocenters. The minimum Gasteiger partial charge on any atom is -0.488 e. The van der Waals surface area contributed by atoms with Gasteiger partial charge in [0, 0.05) is 11.4 Å². The van der Waals surface area contributed by atoms with Crippen LogP contribution in [0.4, 0.5) is 0 Å². The summed E-state index contributed by atoms with van der Waals surface area (Å²) in [6.07, 6.45) is 0.159. The minimum absolute atomic E-state index is 0. The van der Waals surface area contributed by atoms with E-state index in [1.807, 2.05) is 60.7 Å². The van der Waals surface area contributed by atoms with Gasteiger partial charge in [0.1, 0.15) is 12.4 Å². The van der Waals surface area contributed by atoms with Crippen LogP contribution in [0.25, 0.3) is 21.9 Å². The maximum Gasteiger partial charge on any atom is 0.307 e. The summed E-state index contributed by atoms with van der Waals surface area (Å²) >= 11 is 0. The summed E-state index contributed by atoms with van der Waals surface area (Å²) in [5.41, 5.74) is 10.4. The van der Waals surface area contributed by atoms with E-state index in [2.05, 4.69) is 30.3 Å². The topological polar surface area (TPSA) is 61.5 Å². The molecule has 0 aliphatic rings. The Balaban J connectivity index is 0.00000289. The number of hydrogen-bond acceptors (Lipinski definition) is 4. The molecule has 0 fully saturated rings. The van der Waals surface area contributed by atoms with Crippen LogP contribution in [0.1, 0.15) is 23.6 Å². The number of carbonyl (C=O) groups excluding carboxylic acids is 1. The third-order valence-electron chi connectivity index (χ3n) is 5.39. The summed E-state index contributed by atoms with van der Waals surface area (Å²) in [4.78, 5) is 11.5. The lowest BCUT2D eigenvalue weighted by Gasteiger charge is -2.14. The minimum atomic E-state index is -0.382. The van der Waals surface area contributed by atoms with Crippen molar-refractivity contribution in [3.8, 4) is 16.9 Å². The number of ether oxygens (including phenoxy) is 2. The molecule has 32 heavy (non-hydrogen) atoms. The van der Waals surface area contributed by atoms with Crippen molar-refractivity contribution < 1.29 is 14.3 Å². The number of hydrogen-bond donors (Lipinski definition) is 1. The fourth-order valence-corrected chi connectivity index (χ4v) is 3.67. The zero-order valence-electron chi connectivity index (χ0n) is 17.9. The van der Waals surface area contributed by atoms with Crippen molar-refractivity contribution in [2.24, 2.45) is 5.73 Å². The van der Waals surface area contributed by atoms with Crippen LogP contribution in [0.15, 0.2) is 91.0 Å². The Bertz CT molecular complexity index is 1180. The Morgan fingerprint density at radius 3 is 2.19 bits per heavy atom. The van der Waals surface area contributed by atoms with Crippen molar-refractivity contribution in [1.29, 1.82) is 0 Å². The molecular weight excluding hydrogens is 422 g/mol. The van der Waals surface area contributed by atoms with Crippen molar-refractivity contribution in [2.45, 2.75) is 19.1 Å². The number of benzene rings is 4. The standard InChI is InChI=1S/C27H25NO3.ClH/c1-30-27(29)17-25(28)21-13-11-20(12-14-21)22-15-16-26(24-10-6-5-9-23(22)24)31-18-19-7-3-2-4-8-19;/h2-16,25H,17-18,28H2,1H3;1H. The first-order valence-corrected chi connectivity index (χ1v) is 10.3. The van der Waals surface area contributed by atoms with Crippen LogP contribution in [0.2, 0.25) is 0 Å². The van der Waals surface area contributed by atoms with Crippen molar-refractivity contribution >= 4 is 29.1 Å². The van der Waals surface area contributed by atoms with Gasteiger partial charge in [-0.25, -0.2) is 0 Å². The number of fused-ring (bicyclic) bond motifs is 1. The van der Waals surface area contributed by atoms with E-state index in [0.717, 1.165) is 38.8 Å². The molecule has 2 N–H and O–H groups in total. The van der Waals surface area contributed by atoms with E-state index in [4.69, 9.17) is 15.2 Å². The van der Waals surface area contributed by atoms with Gasteiger partial charge in [-0.15, -0.1) is 12.4 Å². The highest BCUT2D eigenvalue weighted by molar-refractivity contribution is 6.00. The summed E-state index contributed by atoms with van der Waals surface area (Å²) < 4.78 is 10.8. The SMILES string of the molecule is COC(=O)CC(N)c1ccc(-c2ccc(OCc3ccccc3)c3ccccc23)cc1.Cl. The number of halogens is 1. The van der Waals surface area contributed by atoms with Crippen molar-refractivity contribution in [3.05, 3.63) is 102 Å². The number of methoxy groups -OCH3 is 1. The van der Waals surface area contributed by atoms with E-state index in [-0.39, 0.29) is 30.8 Å². The summed E-state index contributed by atoms with van der Waals surface area (Å²) in [7, 11) is 1.37. The molecule has 0 aliphatic carbocycles. The first-order chi connectivity index (χ1) is 15.2. The fraction of sp³-hybridized carbons (Fsp3) is 0.148. The van der Waals surface area contributed by atoms with Gasteiger partial charge in [-0.05, 0) is 33.7 Å². The average molecular weight is 448 g/mol. The Labute approximate surface area is 194 Å². The van der Waals surface area contributed by atoms with E-state index in [0.29, 0.717) is 6.61 Å². The molecule has 164 valence electrons. The summed E-state index contributed by atoms with van der Waals surface area (Å²) in [6, 6.07) is 30.2. The Kier molecular flexibility index (Phi) is 7.87. The van der Waals surface area contributed by atoms with Crippen molar-refractivity contribution in [2.75, 3.05) is 7.11 Å². The second kappa shape index (κ2) is 10.8. The van der Waals surface area contributed by atoms with Gasteiger partial charge in [0.25, 0.3) is 0 Å². The summed E-state index contributed by atoms with van der Waals surface area (Å²) in [5, 5.41) is 2.20. The molecule has 5 heteroatoms. The summed E-state index contributed by atoms with van der Waals surface area (Å²) in [6.45, 7) is 0.525. The molecule has 4 nitrogen and oxygen atoms in total. The second-order valence-corrected chi connectivity index (χ2v) is 7.44. The predicted molar refractivity (Wildman–Crippen MR) is 131 cm³/mol. The zero-order valence-corrected chi connectivity index (χ0v) is 18.7. The zero-order chi connectivity index (χ0) is 21.6. The first-order valence-electron chi connectivity index (χ1n) is 10.3. The number of rotatable bonds is 7. The number of esters is 1. The molecule has 0 saturated carbocycles.